The Morgan fingerprint density at radius 3 is 2.63 bits per heavy atom. The van der Waals surface area contributed by atoms with E-state index in [0.717, 1.165) is 0 Å². The average molecular weight is 406 g/mol. The SMILES string of the molecule is O=C(OCc1cn2cc(Cl)ccc2n1)c1ccc(N2CCCS2(=O)=O)cc1. The summed E-state index contributed by atoms with van der Waals surface area (Å²) in [5, 5.41) is 0.587. The molecule has 2 aromatic heterocycles. The van der Waals surface area contributed by atoms with Crippen molar-refractivity contribution < 1.29 is 17.9 Å². The fourth-order valence-electron chi connectivity index (χ4n) is 3.00. The molecule has 1 aliphatic heterocycles. The molecule has 27 heavy (non-hydrogen) atoms. The molecule has 7 nitrogen and oxygen atoms in total. The van der Waals surface area contributed by atoms with E-state index >= 15 is 0 Å². The number of imidazole rings is 1. The van der Waals surface area contributed by atoms with Gasteiger partial charge in [-0.2, -0.15) is 0 Å². The normalized spacial score (nSPS) is 16.0. The van der Waals surface area contributed by atoms with Crippen LogP contribution in [0.25, 0.3) is 5.65 Å². The molecule has 1 saturated heterocycles. The van der Waals surface area contributed by atoms with Crippen molar-refractivity contribution in [2.45, 2.75) is 13.0 Å². The number of carbonyl (C=O) groups excluding carboxylic acids is 1. The lowest BCUT2D eigenvalue weighted by Crippen LogP contribution is -2.25. The lowest BCUT2D eigenvalue weighted by molar-refractivity contribution is 0.0468. The summed E-state index contributed by atoms with van der Waals surface area (Å²) >= 11 is 5.94. The maximum absolute atomic E-state index is 12.2. The molecular formula is C18H16ClN3O4S. The van der Waals surface area contributed by atoms with Crippen molar-refractivity contribution in [2.75, 3.05) is 16.6 Å². The Morgan fingerprint density at radius 1 is 1.15 bits per heavy atom. The van der Waals surface area contributed by atoms with E-state index in [9.17, 15) is 13.2 Å². The molecule has 0 radical (unpaired) electrons. The Labute approximate surface area is 161 Å². The molecule has 3 heterocycles. The number of pyridine rings is 1. The van der Waals surface area contributed by atoms with Crippen LogP contribution in [-0.2, 0) is 21.4 Å². The minimum atomic E-state index is -3.24. The third-order valence-electron chi connectivity index (χ3n) is 4.31. The fourth-order valence-corrected chi connectivity index (χ4v) is 4.74. The van der Waals surface area contributed by atoms with Gasteiger partial charge < -0.3 is 9.14 Å². The van der Waals surface area contributed by atoms with Crippen LogP contribution in [0.5, 0.6) is 0 Å². The highest BCUT2D eigenvalue weighted by molar-refractivity contribution is 7.93. The van der Waals surface area contributed by atoms with Crippen LogP contribution < -0.4 is 4.31 Å². The van der Waals surface area contributed by atoms with Gasteiger partial charge in [-0.05, 0) is 42.8 Å². The summed E-state index contributed by atoms with van der Waals surface area (Å²) in [5.74, 6) is -0.345. The van der Waals surface area contributed by atoms with Gasteiger partial charge >= 0.3 is 5.97 Å². The molecule has 0 aliphatic carbocycles. The van der Waals surface area contributed by atoms with Gasteiger partial charge in [0.25, 0.3) is 0 Å². The van der Waals surface area contributed by atoms with Gasteiger partial charge in [0.1, 0.15) is 12.3 Å². The van der Waals surface area contributed by atoms with Crippen LogP contribution in [0.1, 0.15) is 22.5 Å². The molecule has 0 unspecified atom stereocenters. The summed E-state index contributed by atoms with van der Waals surface area (Å²) in [6, 6.07) is 9.88. The number of rotatable bonds is 4. The van der Waals surface area contributed by atoms with Crippen molar-refractivity contribution in [3.63, 3.8) is 0 Å². The molecule has 0 bridgehead atoms. The highest BCUT2D eigenvalue weighted by atomic mass is 35.5. The fraction of sp³-hybridized carbons (Fsp3) is 0.222. The number of hydrogen-bond donors (Lipinski definition) is 0. The number of aromatic nitrogens is 2. The molecule has 3 aromatic rings. The number of fused-ring (bicyclic) bond motifs is 1. The lowest BCUT2D eigenvalue weighted by atomic mass is 10.2. The van der Waals surface area contributed by atoms with Crippen LogP contribution in [0.2, 0.25) is 5.02 Å². The molecule has 9 heteroatoms. The third-order valence-corrected chi connectivity index (χ3v) is 6.40. The molecule has 0 saturated carbocycles. The van der Waals surface area contributed by atoms with Crippen molar-refractivity contribution in [3.8, 4) is 0 Å². The molecule has 1 aromatic carbocycles. The third kappa shape index (κ3) is 3.63. The summed E-state index contributed by atoms with van der Waals surface area (Å²) in [7, 11) is -3.24. The van der Waals surface area contributed by atoms with Crippen LogP contribution in [0.4, 0.5) is 5.69 Å². The van der Waals surface area contributed by atoms with Crippen molar-refractivity contribution in [2.24, 2.45) is 0 Å². The van der Waals surface area contributed by atoms with Crippen LogP contribution in [0.3, 0.4) is 0 Å². The summed E-state index contributed by atoms with van der Waals surface area (Å²) in [5.41, 5.74) is 2.22. The van der Waals surface area contributed by atoms with Crippen LogP contribution >= 0.6 is 11.6 Å². The van der Waals surface area contributed by atoms with E-state index in [-0.39, 0.29) is 12.4 Å². The highest BCUT2D eigenvalue weighted by Gasteiger charge is 2.28. The van der Waals surface area contributed by atoms with Gasteiger partial charge in [-0.3, -0.25) is 4.31 Å². The van der Waals surface area contributed by atoms with Gasteiger partial charge in [0.15, 0.2) is 0 Å². The smallest absolute Gasteiger partial charge is 0.338 e. The summed E-state index contributed by atoms with van der Waals surface area (Å²) in [4.78, 5) is 16.6. The molecule has 4 rings (SSSR count). The topological polar surface area (TPSA) is 81.0 Å². The molecule has 0 amide bonds. The highest BCUT2D eigenvalue weighted by Crippen LogP contribution is 2.24. The Hall–Kier alpha value is -2.58. The minimum absolute atomic E-state index is 0.0282. The number of halogens is 1. The monoisotopic (exact) mass is 405 g/mol. The van der Waals surface area contributed by atoms with Crippen LogP contribution in [0, 0.1) is 0 Å². The van der Waals surface area contributed by atoms with Gasteiger partial charge in [0.2, 0.25) is 10.0 Å². The molecule has 0 atom stereocenters. The average Bonchev–Trinajstić information content (AvgIpc) is 3.21. The molecule has 1 fully saturated rings. The number of sulfonamides is 1. The van der Waals surface area contributed by atoms with Crippen molar-refractivity contribution in [1.29, 1.82) is 0 Å². The predicted octanol–water partition coefficient (Wildman–Crippen LogP) is 2.88. The number of hydrogen-bond acceptors (Lipinski definition) is 5. The van der Waals surface area contributed by atoms with Gasteiger partial charge in [-0.25, -0.2) is 18.2 Å². The quantitative estimate of drug-likeness (QED) is 0.623. The Morgan fingerprint density at radius 2 is 1.93 bits per heavy atom. The molecule has 0 spiro atoms. The first-order valence-corrected chi connectivity index (χ1v) is 10.3. The maximum Gasteiger partial charge on any atom is 0.338 e. The van der Waals surface area contributed by atoms with E-state index < -0.39 is 16.0 Å². The van der Waals surface area contributed by atoms with Gasteiger partial charge in [0.05, 0.1) is 27.7 Å². The molecule has 0 N–H and O–H groups in total. The lowest BCUT2D eigenvalue weighted by Gasteiger charge is -2.16. The van der Waals surface area contributed by atoms with Gasteiger partial charge in [0, 0.05) is 18.9 Å². The van der Waals surface area contributed by atoms with E-state index in [0.29, 0.717) is 40.6 Å². The van der Waals surface area contributed by atoms with Crippen molar-refractivity contribution in [1.82, 2.24) is 9.38 Å². The first-order chi connectivity index (χ1) is 12.9. The summed E-state index contributed by atoms with van der Waals surface area (Å²) in [6.07, 6.45) is 4.08. The molecule has 1 aliphatic rings. The number of esters is 1. The van der Waals surface area contributed by atoms with Crippen molar-refractivity contribution in [3.05, 3.63) is 65.1 Å². The second-order valence-electron chi connectivity index (χ2n) is 6.21. The first kappa shape index (κ1) is 17.8. The Bertz CT molecular complexity index is 1110. The summed E-state index contributed by atoms with van der Waals surface area (Å²) < 4.78 is 32.3. The number of nitrogens with zero attached hydrogens (tertiary/aromatic N) is 3. The first-order valence-electron chi connectivity index (χ1n) is 8.33. The minimum Gasteiger partial charge on any atom is -0.456 e. The Balaban J connectivity index is 1.43. The number of ether oxygens (including phenoxy) is 1. The van der Waals surface area contributed by atoms with E-state index in [1.165, 1.54) is 4.31 Å². The summed E-state index contributed by atoms with van der Waals surface area (Å²) in [6.45, 7) is 0.490. The zero-order valence-corrected chi connectivity index (χ0v) is 15.8. The number of anilines is 1. The molecular weight excluding hydrogens is 390 g/mol. The Kier molecular flexibility index (Phi) is 4.53. The molecule has 140 valence electrons. The largest absolute Gasteiger partial charge is 0.456 e. The number of carbonyl (C=O) groups is 1. The second kappa shape index (κ2) is 6.86. The van der Waals surface area contributed by atoms with E-state index in [1.807, 2.05) is 0 Å². The second-order valence-corrected chi connectivity index (χ2v) is 8.66. The van der Waals surface area contributed by atoms with Gasteiger partial charge in [-0.1, -0.05) is 11.6 Å². The van der Waals surface area contributed by atoms with Crippen LogP contribution in [-0.4, -0.2) is 36.1 Å². The zero-order valence-electron chi connectivity index (χ0n) is 14.2. The van der Waals surface area contributed by atoms with E-state index in [2.05, 4.69) is 4.98 Å². The van der Waals surface area contributed by atoms with Gasteiger partial charge in [-0.15, -0.1) is 0 Å². The van der Waals surface area contributed by atoms with E-state index in [4.69, 9.17) is 16.3 Å². The standard InChI is InChI=1S/C18H16ClN3O4S/c19-14-4-7-17-20-15(11-21(17)10-14)12-26-18(23)13-2-5-16(6-3-13)22-8-1-9-27(22,24)25/h2-7,10-11H,1,8-9,12H2. The maximum atomic E-state index is 12.2. The van der Waals surface area contributed by atoms with Crippen LogP contribution in [0.15, 0.2) is 48.8 Å². The van der Waals surface area contributed by atoms with E-state index in [1.54, 1.807) is 53.2 Å². The zero-order chi connectivity index (χ0) is 19.0. The number of benzene rings is 1. The predicted molar refractivity (Wildman–Crippen MR) is 102 cm³/mol. The van der Waals surface area contributed by atoms with Crippen molar-refractivity contribution >= 4 is 38.9 Å².